The standard InChI is InChI=1S/C24H28N2O3/c1-29-22-14-5-3-12-20(22)23(27)25-19-11-6-9-18(16-19)24(28)26-15-7-10-17-8-2-4-13-21(17)26/h3,5-6,9,11-12,14,16-17,21H,2,4,7-8,10,13,15H2,1H3,(H,25,27)/t17-,21?/m0/s1. The molecule has 1 saturated carbocycles. The Balaban J connectivity index is 1.51. The number of carbonyl (C=O) groups is 2. The fourth-order valence-corrected chi connectivity index (χ4v) is 4.80. The van der Waals surface area contributed by atoms with Crippen molar-refractivity contribution >= 4 is 17.5 Å². The predicted octanol–water partition coefficient (Wildman–Crippen LogP) is 4.74. The molecule has 2 aliphatic rings. The van der Waals surface area contributed by atoms with Crippen molar-refractivity contribution in [3.8, 4) is 5.75 Å². The molecule has 2 aromatic rings. The molecule has 5 heteroatoms. The van der Waals surface area contributed by atoms with Crippen LogP contribution in [0.4, 0.5) is 5.69 Å². The van der Waals surface area contributed by atoms with Gasteiger partial charge in [0.15, 0.2) is 0 Å². The fourth-order valence-electron chi connectivity index (χ4n) is 4.80. The maximum Gasteiger partial charge on any atom is 0.259 e. The molecule has 4 rings (SSSR count). The number of likely N-dealkylation sites (tertiary alicyclic amines) is 1. The van der Waals surface area contributed by atoms with Gasteiger partial charge in [0.05, 0.1) is 12.7 Å². The number of piperidine rings is 1. The van der Waals surface area contributed by atoms with Crippen LogP contribution in [0.15, 0.2) is 48.5 Å². The summed E-state index contributed by atoms with van der Waals surface area (Å²) in [4.78, 5) is 28.0. The van der Waals surface area contributed by atoms with Crippen LogP contribution >= 0.6 is 0 Å². The van der Waals surface area contributed by atoms with Crippen molar-refractivity contribution in [3.63, 3.8) is 0 Å². The molecule has 2 atom stereocenters. The normalized spacial score (nSPS) is 21.2. The highest BCUT2D eigenvalue weighted by Crippen LogP contribution is 2.36. The van der Waals surface area contributed by atoms with E-state index in [1.165, 1.54) is 25.7 Å². The lowest BCUT2D eigenvalue weighted by Gasteiger charge is -2.44. The minimum Gasteiger partial charge on any atom is -0.496 e. The van der Waals surface area contributed by atoms with Crippen LogP contribution < -0.4 is 10.1 Å². The van der Waals surface area contributed by atoms with Crippen molar-refractivity contribution in [2.24, 2.45) is 5.92 Å². The first-order chi connectivity index (χ1) is 14.2. The van der Waals surface area contributed by atoms with Gasteiger partial charge in [0, 0.05) is 23.8 Å². The molecule has 0 radical (unpaired) electrons. The first-order valence-corrected chi connectivity index (χ1v) is 10.5. The minimum atomic E-state index is -0.252. The molecule has 1 aliphatic heterocycles. The maximum absolute atomic E-state index is 13.3. The van der Waals surface area contributed by atoms with Crippen LogP contribution in [0, 0.1) is 5.92 Å². The van der Waals surface area contributed by atoms with E-state index in [4.69, 9.17) is 4.74 Å². The zero-order chi connectivity index (χ0) is 20.2. The number of hydrogen-bond acceptors (Lipinski definition) is 3. The summed E-state index contributed by atoms with van der Waals surface area (Å²) in [6.07, 6.45) is 7.16. The lowest BCUT2D eigenvalue weighted by molar-refractivity contribution is 0.0390. The van der Waals surface area contributed by atoms with E-state index >= 15 is 0 Å². The van der Waals surface area contributed by atoms with Gasteiger partial charge in [-0.15, -0.1) is 0 Å². The number of rotatable bonds is 4. The highest BCUT2D eigenvalue weighted by atomic mass is 16.5. The van der Waals surface area contributed by atoms with Crippen molar-refractivity contribution in [3.05, 3.63) is 59.7 Å². The first kappa shape index (κ1) is 19.5. The van der Waals surface area contributed by atoms with Crippen molar-refractivity contribution in [1.29, 1.82) is 0 Å². The van der Waals surface area contributed by atoms with Gasteiger partial charge in [-0.2, -0.15) is 0 Å². The number of nitrogens with zero attached hydrogens (tertiary/aromatic N) is 1. The third-order valence-corrected chi connectivity index (χ3v) is 6.22. The van der Waals surface area contributed by atoms with Crippen LogP contribution in [0.1, 0.15) is 59.2 Å². The van der Waals surface area contributed by atoms with Crippen LogP contribution in [-0.2, 0) is 0 Å². The van der Waals surface area contributed by atoms with Crippen LogP contribution in [0.25, 0.3) is 0 Å². The molecule has 0 spiro atoms. The van der Waals surface area contributed by atoms with Gasteiger partial charge in [-0.1, -0.05) is 31.0 Å². The summed E-state index contributed by atoms with van der Waals surface area (Å²) < 4.78 is 5.27. The maximum atomic E-state index is 13.3. The average molecular weight is 392 g/mol. The molecular weight excluding hydrogens is 364 g/mol. The summed E-state index contributed by atoms with van der Waals surface area (Å²) in [6.45, 7) is 0.831. The summed E-state index contributed by atoms with van der Waals surface area (Å²) in [5, 5.41) is 2.90. The molecular formula is C24H28N2O3. The SMILES string of the molecule is COc1ccccc1C(=O)Nc1cccc(C(=O)N2CCC[C@@H]3CCCCC32)c1. The van der Waals surface area contributed by atoms with Gasteiger partial charge in [-0.25, -0.2) is 0 Å². The summed E-state index contributed by atoms with van der Waals surface area (Å²) in [5.41, 5.74) is 1.71. The lowest BCUT2D eigenvalue weighted by Crippen LogP contribution is -2.49. The summed E-state index contributed by atoms with van der Waals surface area (Å²) in [7, 11) is 1.54. The Morgan fingerprint density at radius 3 is 2.66 bits per heavy atom. The second-order valence-corrected chi connectivity index (χ2v) is 7.99. The summed E-state index contributed by atoms with van der Waals surface area (Å²) in [5.74, 6) is 0.996. The average Bonchev–Trinajstić information content (AvgIpc) is 2.78. The molecule has 1 saturated heterocycles. The Morgan fingerprint density at radius 1 is 1.00 bits per heavy atom. The number of nitrogens with one attached hydrogen (secondary N) is 1. The summed E-state index contributed by atoms with van der Waals surface area (Å²) >= 11 is 0. The van der Waals surface area contributed by atoms with Crippen LogP contribution in [-0.4, -0.2) is 36.4 Å². The highest BCUT2D eigenvalue weighted by Gasteiger charge is 2.36. The lowest BCUT2D eigenvalue weighted by atomic mass is 9.78. The minimum absolute atomic E-state index is 0.0787. The number of fused-ring (bicyclic) bond motifs is 1. The smallest absolute Gasteiger partial charge is 0.259 e. The van der Waals surface area contributed by atoms with Crippen molar-refractivity contribution < 1.29 is 14.3 Å². The molecule has 0 bridgehead atoms. The molecule has 29 heavy (non-hydrogen) atoms. The Hall–Kier alpha value is -2.82. The molecule has 0 aromatic heterocycles. The van der Waals surface area contributed by atoms with E-state index in [0.717, 1.165) is 19.4 Å². The zero-order valence-corrected chi connectivity index (χ0v) is 16.9. The molecule has 2 aromatic carbocycles. The molecule has 1 unspecified atom stereocenters. The monoisotopic (exact) mass is 392 g/mol. The van der Waals surface area contributed by atoms with Gasteiger partial charge in [-0.3, -0.25) is 9.59 Å². The summed E-state index contributed by atoms with van der Waals surface area (Å²) in [6, 6.07) is 14.7. The van der Waals surface area contributed by atoms with E-state index in [9.17, 15) is 9.59 Å². The van der Waals surface area contributed by atoms with Gasteiger partial charge in [0.2, 0.25) is 0 Å². The van der Waals surface area contributed by atoms with E-state index < -0.39 is 0 Å². The van der Waals surface area contributed by atoms with Gasteiger partial charge in [0.25, 0.3) is 11.8 Å². The Labute approximate surface area is 172 Å². The number of anilines is 1. The van der Waals surface area contributed by atoms with Crippen LogP contribution in [0.3, 0.4) is 0 Å². The third-order valence-electron chi connectivity index (χ3n) is 6.22. The largest absolute Gasteiger partial charge is 0.496 e. The van der Waals surface area contributed by atoms with Gasteiger partial charge >= 0.3 is 0 Å². The molecule has 2 fully saturated rings. The number of para-hydroxylation sites is 1. The van der Waals surface area contributed by atoms with E-state index in [0.29, 0.717) is 34.5 Å². The Morgan fingerprint density at radius 2 is 1.79 bits per heavy atom. The number of carbonyl (C=O) groups excluding carboxylic acids is 2. The van der Waals surface area contributed by atoms with Crippen LogP contribution in [0.5, 0.6) is 5.75 Å². The van der Waals surface area contributed by atoms with Crippen LogP contribution in [0.2, 0.25) is 0 Å². The molecule has 1 heterocycles. The van der Waals surface area contributed by atoms with E-state index in [1.54, 1.807) is 31.4 Å². The molecule has 2 amide bonds. The number of benzene rings is 2. The van der Waals surface area contributed by atoms with Gasteiger partial charge in [-0.05, 0) is 61.9 Å². The van der Waals surface area contributed by atoms with E-state index in [2.05, 4.69) is 10.2 Å². The number of methoxy groups -OCH3 is 1. The van der Waals surface area contributed by atoms with E-state index in [-0.39, 0.29) is 11.8 Å². The zero-order valence-electron chi connectivity index (χ0n) is 16.9. The second-order valence-electron chi connectivity index (χ2n) is 7.99. The predicted molar refractivity (Wildman–Crippen MR) is 113 cm³/mol. The molecule has 5 nitrogen and oxygen atoms in total. The number of ether oxygens (including phenoxy) is 1. The number of amides is 2. The van der Waals surface area contributed by atoms with E-state index in [1.807, 2.05) is 24.3 Å². The number of hydrogen-bond donors (Lipinski definition) is 1. The second kappa shape index (κ2) is 8.68. The highest BCUT2D eigenvalue weighted by molar-refractivity contribution is 6.06. The first-order valence-electron chi connectivity index (χ1n) is 10.5. The quantitative estimate of drug-likeness (QED) is 0.817. The third kappa shape index (κ3) is 4.14. The van der Waals surface area contributed by atoms with Crippen molar-refractivity contribution in [1.82, 2.24) is 4.90 Å². The van der Waals surface area contributed by atoms with Gasteiger partial charge < -0.3 is 15.0 Å². The molecule has 1 N–H and O–H groups in total. The topological polar surface area (TPSA) is 58.6 Å². The van der Waals surface area contributed by atoms with Crippen molar-refractivity contribution in [2.45, 2.75) is 44.6 Å². The molecule has 1 aliphatic carbocycles. The Bertz CT molecular complexity index is 893. The molecule has 152 valence electrons. The Kier molecular flexibility index (Phi) is 5.84. The van der Waals surface area contributed by atoms with Gasteiger partial charge in [0.1, 0.15) is 5.75 Å². The fraction of sp³-hybridized carbons (Fsp3) is 0.417. The van der Waals surface area contributed by atoms with Crippen molar-refractivity contribution in [2.75, 3.05) is 19.0 Å².